The Morgan fingerprint density at radius 2 is 2.16 bits per heavy atom. The number of pyridine rings is 1. The third-order valence-corrected chi connectivity index (χ3v) is 3.32. The number of hydrogen-bond donors (Lipinski definition) is 1. The second-order valence-corrected chi connectivity index (χ2v) is 5.08. The number of rotatable bonds is 5. The number of β-amino-alcohol motifs (C(OH)–C–C–N with tert-alkyl or cyclic N) is 1. The topological polar surface area (TPSA) is 48.8 Å². The maximum absolute atomic E-state index is 10.2. The van der Waals surface area contributed by atoms with Crippen LogP contribution in [0.5, 0.6) is 0 Å². The standard InChI is InChI=1S/C14H23N3O2/c1-12-4-3-5-14(15-12)16(2)10-13(18)11-17-6-8-19-9-7-17/h3-5,13,18H,6-11H2,1-2H3/t13-/m1/s1. The number of morpholine rings is 1. The minimum absolute atomic E-state index is 0.370. The Kier molecular flexibility index (Phi) is 5.13. The van der Waals surface area contributed by atoms with Gasteiger partial charge in [0, 0.05) is 38.9 Å². The van der Waals surface area contributed by atoms with Crippen LogP contribution in [-0.4, -0.2) is 67.5 Å². The summed E-state index contributed by atoms with van der Waals surface area (Å²) in [5, 5.41) is 10.2. The zero-order valence-corrected chi connectivity index (χ0v) is 11.7. The zero-order valence-electron chi connectivity index (χ0n) is 11.7. The molecule has 1 aliphatic rings. The highest BCUT2D eigenvalue weighted by molar-refractivity contribution is 5.38. The van der Waals surface area contributed by atoms with Crippen molar-refractivity contribution < 1.29 is 9.84 Å². The van der Waals surface area contributed by atoms with Crippen molar-refractivity contribution in [1.29, 1.82) is 0 Å². The van der Waals surface area contributed by atoms with Gasteiger partial charge in [0.1, 0.15) is 5.82 Å². The lowest BCUT2D eigenvalue weighted by atomic mass is 10.2. The van der Waals surface area contributed by atoms with Crippen molar-refractivity contribution in [2.24, 2.45) is 0 Å². The first-order chi connectivity index (χ1) is 9.15. The molecule has 0 bridgehead atoms. The molecule has 5 heteroatoms. The largest absolute Gasteiger partial charge is 0.390 e. The number of aliphatic hydroxyl groups excluding tert-OH is 1. The lowest BCUT2D eigenvalue weighted by Gasteiger charge is -2.30. The quantitative estimate of drug-likeness (QED) is 0.841. The molecule has 5 nitrogen and oxygen atoms in total. The minimum Gasteiger partial charge on any atom is -0.390 e. The van der Waals surface area contributed by atoms with Gasteiger partial charge in [0.05, 0.1) is 19.3 Å². The summed E-state index contributed by atoms with van der Waals surface area (Å²) in [7, 11) is 1.96. The van der Waals surface area contributed by atoms with E-state index in [1.807, 2.05) is 37.1 Å². The van der Waals surface area contributed by atoms with E-state index in [0.717, 1.165) is 37.8 Å². The summed E-state index contributed by atoms with van der Waals surface area (Å²) in [6.07, 6.45) is -0.370. The van der Waals surface area contributed by atoms with Gasteiger partial charge in [0.15, 0.2) is 0 Å². The zero-order chi connectivity index (χ0) is 13.7. The average molecular weight is 265 g/mol. The van der Waals surface area contributed by atoms with Gasteiger partial charge in [0.25, 0.3) is 0 Å². The molecule has 1 aliphatic heterocycles. The smallest absolute Gasteiger partial charge is 0.128 e. The first-order valence-electron chi connectivity index (χ1n) is 6.78. The third-order valence-electron chi connectivity index (χ3n) is 3.32. The molecule has 1 aromatic heterocycles. The Morgan fingerprint density at radius 3 is 2.84 bits per heavy atom. The number of hydrogen-bond acceptors (Lipinski definition) is 5. The number of nitrogens with zero attached hydrogens (tertiary/aromatic N) is 3. The summed E-state index contributed by atoms with van der Waals surface area (Å²) in [5.41, 5.74) is 0.993. The molecular weight excluding hydrogens is 242 g/mol. The number of aryl methyl sites for hydroxylation is 1. The van der Waals surface area contributed by atoms with Crippen molar-refractivity contribution in [2.45, 2.75) is 13.0 Å². The Bertz CT molecular complexity index is 394. The van der Waals surface area contributed by atoms with Gasteiger partial charge in [-0.3, -0.25) is 4.90 Å². The van der Waals surface area contributed by atoms with E-state index in [4.69, 9.17) is 4.74 Å². The number of aromatic nitrogens is 1. The molecule has 106 valence electrons. The van der Waals surface area contributed by atoms with Crippen LogP contribution in [0.4, 0.5) is 5.82 Å². The van der Waals surface area contributed by atoms with Crippen molar-refractivity contribution in [3.05, 3.63) is 23.9 Å². The van der Waals surface area contributed by atoms with E-state index in [-0.39, 0.29) is 6.10 Å². The molecule has 1 saturated heterocycles. The molecule has 0 unspecified atom stereocenters. The van der Waals surface area contributed by atoms with Gasteiger partial charge in [-0.1, -0.05) is 6.07 Å². The maximum Gasteiger partial charge on any atom is 0.128 e. The molecule has 0 saturated carbocycles. The summed E-state index contributed by atoms with van der Waals surface area (Å²) >= 11 is 0. The monoisotopic (exact) mass is 265 g/mol. The summed E-state index contributed by atoms with van der Waals surface area (Å²) in [4.78, 5) is 8.69. The Balaban J connectivity index is 1.82. The van der Waals surface area contributed by atoms with E-state index in [2.05, 4.69) is 9.88 Å². The fourth-order valence-electron chi connectivity index (χ4n) is 2.29. The van der Waals surface area contributed by atoms with Crippen LogP contribution in [0.2, 0.25) is 0 Å². The highest BCUT2D eigenvalue weighted by Crippen LogP contribution is 2.10. The van der Waals surface area contributed by atoms with Gasteiger partial charge in [-0.2, -0.15) is 0 Å². The lowest BCUT2D eigenvalue weighted by molar-refractivity contribution is 0.0162. The van der Waals surface area contributed by atoms with Gasteiger partial charge in [-0.05, 0) is 19.1 Å². The van der Waals surface area contributed by atoms with Crippen molar-refractivity contribution in [1.82, 2.24) is 9.88 Å². The molecule has 1 atom stereocenters. The predicted octanol–water partition coefficient (Wildman–Crippen LogP) is 0.519. The maximum atomic E-state index is 10.2. The number of anilines is 1. The van der Waals surface area contributed by atoms with Crippen molar-refractivity contribution in [3.8, 4) is 0 Å². The van der Waals surface area contributed by atoms with Crippen LogP contribution in [-0.2, 0) is 4.74 Å². The van der Waals surface area contributed by atoms with Crippen LogP contribution in [0.25, 0.3) is 0 Å². The summed E-state index contributed by atoms with van der Waals surface area (Å²) in [6.45, 7) is 6.60. The molecule has 19 heavy (non-hydrogen) atoms. The fraction of sp³-hybridized carbons (Fsp3) is 0.643. The number of aliphatic hydroxyl groups is 1. The second kappa shape index (κ2) is 6.84. The normalized spacial score (nSPS) is 18.3. The Hall–Kier alpha value is -1.17. The average Bonchev–Trinajstić information content (AvgIpc) is 2.39. The summed E-state index contributed by atoms with van der Waals surface area (Å²) in [5.74, 6) is 0.904. The van der Waals surface area contributed by atoms with Gasteiger partial charge in [-0.15, -0.1) is 0 Å². The minimum atomic E-state index is -0.370. The molecule has 0 aromatic carbocycles. The molecule has 1 N–H and O–H groups in total. The first kappa shape index (κ1) is 14.2. The molecule has 0 aliphatic carbocycles. The van der Waals surface area contributed by atoms with Gasteiger partial charge in [0.2, 0.25) is 0 Å². The van der Waals surface area contributed by atoms with Crippen molar-refractivity contribution >= 4 is 5.82 Å². The summed E-state index contributed by atoms with van der Waals surface area (Å²) in [6, 6.07) is 5.93. The van der Waals surface area contributed by atoms with E-state index in [0.29, 0.717) is 13.1 Å². The number of ether oxygens (including phenoxy) is 1. The van der Waals surface area contributed by atoms with Crippen molar-refractivity contribution in [3.63, 3.8) is 0 Å². The molecule has 0 radical (unpaired) electrons. The van der Waals surface area contributed by atoms with Gasteiger partial charge >= 0.3 is 0 Å². The highest BCUT2D eigenvalue weighted by Gasteiger charge is 2.16. The SMILES string of the molecule is Cc1cccc(N(C)C[C@@H](O)CN2CCOCC2)n1. The van der Waals surface area contributed by atoms with Gasteiger partial charge < -0.3 is 14.7 Å². The third kappa shape index (κ3) is 4.45. The Morgan fingerprint density at radius 1 is 1.42 bits per heavy atom. The van der Waals surface area contributed by atoms with Crippen LogP contribution >= 0.6 is 0 Å². The molecular formula is C14H23N3O2. The van der Waals surface area contributed by atoms with Crippen LogP contribution in [0.15, 0.2) is 18.2 Å². The Labute approximate surface area is 114 Å². The molecule has 1 aromatic rings. The van der Waals surface area contributed by atoms with Crippen LogP contribution in [0.1, 0.15) is 5.69 Å². The summed E-state index contributed by atoms with van der Waals surface area (Å²) < 4.78 is 5.30. The molecule has 2 rings (SSSR count). The van der Waals surface area contributed by atoms with E-state index >= 15 is 0 Å². The molecule has 0 amide bonds. The van der Waals surface area contributed by atoms with Crippen LogP contribution in [0.3, 0.4) is 0 Å². The molecule has 0 spiro atoms. The van der Waals surface area contributed by atoms with E-state index in [9.17, 15) is 5.11 Å². The second-order valence-electron chi connectivity index (χ2n) is 5.08. The van der Waals surface area contributed by atoms with E-state index in [1.165, 1.54) is 0 Å². The van der Waals surface area contributed by atoms with Crippen LogP contribution < -0.4 is 4.90 Å². The van der Waals surface area contributed by atoms with E-state index in [1.54, 1.807) is 0 Å². The van der Waals surface area contributed by atoms with Crippen molar-refractivity contribution in [2.75, 3.05) is 51.3 Å². The van der Waals surface area contributed by atoms with E-state index < -0.39 is 0 Å². The number of likely N-dealkylation sites (N-methyl/N-ethyl adjacent to an activating group) is 1. The predicted molar refractivity (Wildman–Crippen MR) is 75.5 cm³/mol. The van der Waals surface area contributed by atoms with Crippen LogP contribution in [0, 0.1) is 6.92 Å². The highest BCUT2D eigenvalue weighted by atomic mass is 16.5. The molecule has 1 fully saturated rings. The molecule has 2 heterocycles. The fourth-order valence-corrected chi connectivity index (χ4v) is 2.29. The van der Waals surface area contributed by atoms with Gasteiger partial charge in [-0.25, -0.2) is 4.98 Å². The lowest BCUT2D eigenvalue weighted by Crippen LogP contribution is -2.44. The first-order valence-corrected chi connectivity index (χ1v) is 6.78.